The van der Waals surface area contributed by atoms with Crippen molar-refractivity contribution in [3.8, 4) is 23.5 Å². The predicted molar refractivity (Wildman–Crippen MR) is 63.4 cm³/mol. The van der Waals surface area contributed by atoms with Crippen molar-refractivity contribution < 1.29 is 19.0 Å². The molecule has 0 spiro atoms. The van der Waals surface area contributed by atoms with Crippen LogP contribution in [0, 0.1) is 12.0 Å². The minimum Gasteiger partial charge on any atom is -0.492 e. The predicted octanol–water partition coefficient (Wildman–Crippen LogP) is 2.49. The maximum atomic E-state index is 11.5. The van der Waals surface area contributed by atoms with Crippen molar-refractivity contribution in [2.45, 2.75) is 6.92 Å². The maximum absolute atomic E-state index is 11.5. The summed E-state index contributed by atoms with van der Waals surface area (Å²) in [5.41, 5.74) is 0.190. The first kappa shape index (κ1) is 13.2. The first-order valence-corrected chi connectivity index (χ1v) is 5.06. The van der Waals surface area contributed by atoms with Crippen LogP contribution in [0.5, 0.6) is 11.5 Å². The lowest BCUT2D eigenvalue weighted by Gasteiger charge is -2.10. The molecule has 1 aromatic rings. The van der Waals surface area contributed by atoms with Gasteiger partial charge in [-0.3, -0.25) is 0 Å². The molecule has 0 fully saturated rings. The fourth-order valence-electron chi connectivity index (χ4n) is 1.22. The van der Waals surface area contributed by atoms with E-state index in [1.165, 1.54) is 26.4 Å². The van der Waals surface area contributed by atoms with Crippen LogP contribution in [0.1, 0.15) is 17.3 Å². The van der Waals surface area contributed by atoms with Crippen molar-refractivity contribution in [2.24, 2.45) is 0 Å². The SMILES string of the molecule is CC#COc1cc(Cl)cc(C(=O)OC)c1OC. The summed E-state index contributed by atoms with van der Waals surface area (Å²) in [6.07, 6.45) is 2.41. The van der Waals surface area contributed by atoms with Gasteiger partial charge in [0, 0.05) is 18.0 Å². The third kappa shape index (κ3) is 3.05. The Kier molecular flexibility index (Phi) is 4.68. The number of carbonyl (C=O) groups is 1. The van der Waals surface area contributed by atoms with E-state index in [0.717, 1.165) is 0 Å². The standard InChI is InChI=1S/C12H11ClO4/c1-4-5-17-10-7-8(13)6-9(11(10)15-2)12(14)16-3/h6-7H,1-3H3. The highest BCUT2D eigenvalue weighted by Gasteiger charge is 2.19. The van der Waals surface area contributed by atoms with Crippen molar-refractivity contribution in [1.29, 1.82) is 0 Å². The van der Waals surface area contributed by atoms with Gasteiger partial charge in [0.1, 0.15) is 11.7 Å². The lowest BCUT2D eigenvalue weighted by atomic mass is 10.2. The summed E-state index contributed by atoms with van der Waals surface area (Å²) < 4.78 is 14.8. The van der Waals surface area contributed by atoms with E-state index in [0.29, 0.717) is 5.02 Å². The number of methoxy groups -OCH3 is 2. The fourth-order valence-corrected chi connectivity index (χ4v) is 1.43. The molecule has 0 saturated heterocycles. The second-order valence-electron chi connectivity index (χ2n) is 2.93. The second-order valence-corrected chi connectivity index (χ2v) is 3.37. The number of carbonyl (C=O) groups excluding carboxylic acids is 1. The molecule has 0 aliphatic heterocycles. The van der Waals surface area contributed by atoms with Crippen molar-refractivity contribution in [2.75, 3.05) is 14.2 Å². The highest BCUT2D eigenvalue weighted by Crippen LogP contribution is 2.34. The minimum absolute atomic E-state index is 0.190. The van der Waals surface area contributed by atoms with Crippen LogP contribution in [-0.2, 0) is 4.74 Å². The summed E-state index contributed by atoms with van der Waals surface area (Å²) in [6, 6.07) is 2.95. The van der Waals surface area contributed by atoms with Crippen LogP contribution < -0.4 is 9.47 Å². The van der Waals surface area contributed by atoms with Crippen molar-refractivity contribution in [3.63, 3.8) is 0 Å². The van der Waals surface area contributed by atoms with E-state index in [-0.39, 0.29) is 17.1 Å². The van der Waals surface area contributed by atoms with Crippen molar-refractivity contribution >= 4 is 17.6 Å². The van der Waals surface area contributed by atoms with E-state index in [9.17, 15) is 4.79 Å². The van der Waals surface area contributed by atoms with E-state index in [1.54, 1.807) is 6.92 Å². The van der Waals surface area contributed by atoms with Crippen LogP contribution in [0.2, 0.25) is 5.02 Å². The van der Waals surface area contributed by atoms with Crippen LogP contribution in [0.25, 0.3) is 0 Å². The first-order valence-electron chi connectivity index (χ1n) is 4.68. The molecule has 0 aliphatic carbocycles. The Hall–Kier alpha value is -1.86. The van der Waals surface area contributed by atoms with Gasteiger partial charge in [-0.25, -0.2) is 4.79 Å². The van der Waals surface area contributed by atoms with Gasteiger partial charge in [0.2, 0.25) is 0 Å². The number of hydrogen-bond donors (Lipinski definition) is 0. The molecule has 0 heterocycles. The molecule has 4 nitrogen and oxygen atoms in total. The molecule has 0 aliphatic rings. The molecular weight excluding hydrogens is 244 g/mol. The first-order chi connectivity index (χ1) is 8.13. The van der Waals surface area contributed by atoms with Crippen LogP contribution in [0.4, 0.5) is 0 Å². The molecular formula is C12H11ClO4. The third-order valence-corrected chi connectivity index (χ3v) is 2.11. The molecule has 0 aromatic heterocycles. The molecule has 0 N–H and O–H groups in total. The number of esters is 1. The lowest BCUT2D eigenvalue weighted by molar-refractivity contribution is 0.0596. The molecule has 0 amide bonds. The molecule has 0 radical (unpaired) electrons. The summed E-state index contributed by atoms with van der Waals surface area (Å²) in [6.45, 7) is 1.62. The van der Waals surface area contributed by atoms with Crippen molar-refractivity contribution in [3.05, 3.63) is 22.7 Å². The molecule has 90 valence electrons. The van der Waals surface area contributed by atoms with Crippen molar-refractivity contribution in [1.82, 2.24) is 0 Å². The van der Waals surface area contributed by atoms with Crippen LogP contribution in [0.3, 0.4) is 0 Å². The fraction of sp³-hybridized carbons (Fsp3) is 0.250. The number of rotatable bonds is 3. The third-order valence-electron chi connectivity index (χ3n) is 1.89. The summed E-state index contributed by atoms with van der Waals surface area (Å²) in [5, 5.41) is 0.333. The highest BCUT2D eigenvalue weighted by atomic mass is 35.5. The van der Waals surface area contributed by atoms with Gasteiger partial charge in [-0.15, -0.1) is 0 Å². The van der Waals surface area contributed by atoms with Gasteiger partial charge in [-0.2, -0.15) is 0 Å². The zero-order chi connectivity index (χ0) is 12.8. The Morgan fingerprint density at radius 3 is 2.59 bits per heavy atom. The molecule has 1 rings (SSSR count). The smallest absolute Gasteiger partial charge is 0.341 e. The summed E-state index contributed by atoms with van der Waals surface area (Å²) in [4.78, 5) is 11.5. The second kappa shape index (κ2) is 6.02. The van der Waals surface area contributed by atoms with Gasteiger partial charge in [0.15, 0.2) is 11.5 Å². The summed E-state index contributed by atoms with van der Waals surface area (Å²) in [7, 11) is 2.69. The average molecular weight is 255 g/mol. The van der Waals surface area contributed by atoms with E-state index in [2.05, 4.69) is 16.8 Å². The van der Waals surface area contributed by atoms with E-state index in [1.807, 2.05) is 0 Å². The average Bonchev–Trinajstić information content (AvgIpc) is 2.34. The zero-order valence-electron chi connectivity index (χ0n) is 9.67. The summed E-state index contributed by atoms with van der Waals surface area (Å²) >= 11 is 5.87. The van der Waals surface area contributed by atoms with Crippen LogP contribution in [0.15, 0.2) is 12.1 Å². The number of benzene rings is 1. The number of ether oxygens (including phenoxy) is 3. The number of hydrogen-bond acceptors (Lipinski definition) is 4. The Morgan fingerprint density at radius 1 is 1.35 bits per heavy atom. The lowest BCUT2D eigenvalue weighted by Crippen LogP contribution is -2.05. The molecule has 0 bridgehead atoms. The van der Waals surface area contributed by atoms with Crippen LogP contribution >= 0.6 is 11.6 Å². The Balaban J connectivity index is 3.32. The molecule has 0 unspecified atom stereocenters. The van der Waals surface area contributed by atoms with Crippen LogP contribution in [-0.4, -0.2) is 20.2 Å². The quantitative estimate of drug-likeness (QED) is 0.614. The molecule has 17 heavy (non-hydrogen) atoms. The normalized spacial score (nSPS) is 8.94. The van der Waals surface area contributed by atoms with Gasteiger partial charge in [0.25, 0.3) is 0 Å². The highest BCUT2D eigenvalue weighted by molar-refractivity contribution is 6.31. The van der Waals surface area contributed by atoms with E-state index < -0.39 is 5.97 Å². The molecule has 0 atom stereocenters. The largest absolute Gasteiger partial charge is 0.492 e. The monoisotopic (exact) mass is 254 g/mol. The molecule has 0 saturated carbocycles. The number of halogens is 1. The summed E-state index contributed by atoms with van der Waals surface area (Å²) in [5.74, 6) is 2.52. The van der Waals surface area contributed by atoms with Gasteiger partial charge >= 0.3 is 5.97 Å². The van der Waals surface area contributed by atoms with E-state index in [4.69, 9.17) is 21.1 Å². The molecule has 1 aromatic carbocycles. The molecule has 5 heteroatoms. The maximum Gasteiger partial charge on any atom is 0.341 e. The van der Waals surface area contributed by atoms with E-state index >= 15 is 0 Å². The Labute approximate surface area is 104 Å². The van der Waals surface area contributed by atoms with Gasteiger partial charge in [-0.1, -0.05) is 17.5 Å². The van der Waals surface area contributed by atoms with Gasteiger partial charge in [-0.05, 0) is 6.07 Å². The Bertz CT molecular complexity index is 485. The topological polar surface area (TPSA) is 44.8 Å². The van der Waals surface area contributed by atoms with Gasteiger partial charge in [0.05, 0.1) is 14.2 Å². The zero-order valence-corrected chi connectivity index (χ0v) is 10.4. The Morgan fingerprint density at radius 2 is 2.06 bits per heavy atom. The van der Waals surface area contributed by atoms with Gasteiger partial charge < -0.3 is 14.2 Å². The minimum atomic E-state index is -0.557.